The van der Waals surface area contributed by atoms with Crippen molar-refractivity contribution in [2.45, 2.75) is 56.8 Å². The fourth-order valence-corrected chi connectivity index (χ4v) is 5.66. The average Bonchev–Trinajstić information content (AvgIpc) is 2.46. The third-order valence-corrected chi connectivity index (χ3v) is 6.37. The number of carbonyl (C=O) groups is 1. The number of rotatable bonds is 1. The van der Waals surface area contributed by atoms with Gasteiger partial charge >= 0.3 is 0 Å². The molecule has 112 valence electrons. The summed E-state index contributed by atoms with van der Waals surface area (Å²) in [6.45, 7) is 0. The van der Waals surface area contributed by atoms with E-state index in [0.717, 1.165) is 30.7 Å². The van der Waals surface area contributed by atoms with Gasteiger partial charge in [-0.2, -0.15) is 0 Å². The van der Waals surface area contributed by atoms with Gasteiger partial charge in [-0.3, -0.25) is 4.79 Å². The van der Waals surface area contributed by atoms with Gasteiger partial charge < -0.3 is 10.8 Å². The number of nitrogens with two attached hydrogens (primary N) is 1. The molecule has 2 fully saturated rings. The lowest BCUT2D eigenvalue weighted by Crippen LogP contribution is -2.49. The molecule has 3 nitrogen and oxygen atoms in total. The first-order valence-electron chi connectivity index (χ1n) is 8.28. The van der Waals surface area contributed by atoms with Crippen LogP contribution < -0.4 is 5.73 Å². The first-order chi connectivity index (χ1) is 10.1. The van der Waals surface area contributed by atoms with E-state index in [1.807, 2.05) is 6.07 Å². The van der Waals surface area contributed by atoms with E-state index in [1.165, 1.54) is 37.7 Å². The summed E-state index contributed by atoms with van der Waals surface area (Å²) in [4.78, 5) is 11.6. The van der Waals surface area contributed by atoms with E-state index in [9.17, 15) is 9.90 Å². The Hall–Kier alpha value is -1.51. The van der Waals surface area contributed by atoms with Crippen LogP contribution in [0.2, 0.25) is 0 Å². The monoisotopic (exact) mass is 285 g/mol. The Morgan fingerprint density at radius 1 is 1.19 bits per heavy atom. The van der Waals surface area contributed by atoms with Crippen LogP contribution >= 0.6 is 0 Å². The van der Waals surface area contributed by atoms with Gasteiger partial charge in [-0.05, 0) is 55.6 Å². The van der Waals surface area contributed by atoms with Crippen molar-refractivity contribution in [3.05, 3.63) is 28.8 Å². The highest BCUT2D eigenvalue weighted by molar-refractivity contribution is 5.96. The van der Waals surface area contributed by atoms with Crippen molar-refractivity contribution in [2.75, 3.05) is 0 Å². The van der Waals surface area contributed by atoms with Crippen LogP contribution in [0.3, 0.4) is 0 Å². The van der Waals surface area contributed by atoms with Gasteiger partial charge in [-0.15, -0.1) is 0 Å². The van der Waals surface area contributed by atoms with Crippen molar-refractivity contribution < 1.29 is 9.90 Å². The van der Waals surface area contributed by atoms with Crippen LogP contribution in [0.4, 0.5) is 0 Å². The number of benzene rings is 1. The number of primary amides is 1. The van der Waals surface area contributed by atoms with Crippen molar-refractivity contribution >= 4 is 5.91 Å². The fourth-order valence-electron chi connectivity index (χ4n) is 5.66. The number of carbonyl (C=O) groups excluding carboxylic acids is 1. The van der Waals surface area contributed by atoms with E-state index in [-0.39, 0.29) is 11.2 Å². The van der Waals surface area contributed by atoms with Gasteiger partial charge in [0.05, 0.1) is 5.56 Å². The van der Waals surface area contributed by atoms with Crippen LogP contribution in [0, 0.1) is 11.8 Å². The second-order valence-electron chi connectivity index (χ2n) is 7.22. The number of phenols is 1. The Morgan fingerprint density at radius 2 is 2.00 bits per heavy atom. The summed E-state index contributed by atoms with van der Waals surface area (Å²) >= 11 is 0. The minimum absolute atomic E-state index is 0.115. The summed E-state index contributed by atoms with van der Waals surface area (Å²) in [6, 6.07) is 3.76. The molecule has 4 rings (SSSR count). The molecule has 3 N–H and O–H groups in total. The molecule has 3 aliphatic carbocycles. The van der Waals surface area contributed by atoms with Gasteiger partial charge in [-0.25, -0.2) is 0 Å². The van der Waals surface area contributed by atoms with Crippen molar-refractivity contribution in [2.24, 2.45) is 17.6 Å². The highest BCUT2D eigenvalue weighted by atomic mass is 16.3. The molecular weight excluding hydrogens is 262 g/mol. The van der Waals surface area contributed by atoms with E-state index in [0.29, 0.717) is 11.5 Å². The standard InChI is InChI=1S/C18H23NO2/c19-17(21)13-7-6-12-10-11-4-3-9-18(15(12)16(13)20)8-2-1-5-14(11)18/h6-7,11,14,20H,1-5,8-10H2,(H2,19,21)/t11-,14+,18-/m1/s1. The van der Waals surface area contributed by atoms with Crippen LogP contribution in [-0.2, 0) is 11.8 Å². The van der Waals surface area contributed by atoms with Gasteiger partial charge in [0.1, 0.15) is 5.75 Å². The topological polar surface area (TPSA) is 63.3 Å². The zero-order valence-electron chi connectivity index (χ0n) is 12.4. The molecule has 0 aliphatic heterocycles. The quantitative estimate of drug-likeness (QED) is 0.831. The predicted octanol–water partition coefficient (Wildman–Crippen LogP) is 3.28. The van der Waals surface area contributed by atoms with Crippen LogP contribution in [-0.4, -0.2) is 11.0 Å². The SMILES string of the molecule is NC(=O)c1ccc2c(c1O)[C@@]13CCCC[C@H]1[C@H](CCC3)C2. The maximum absolute atomic E-state index is 11.6. The van der Waals surface area contributed by atoms with E-state index < -0.39 is 5.91 Å². The maximum atomic E-state index is 11.6. The Bertz CT molecular complexity index is 605. The van der Waals surface area contributed by atoms with Crippen molar-refractivity contribution in [3.63, 3.8) is 0 Å². The number of aromatic hydroxyl groups is 1. The molecule has 0 heterocycles. The summed E-state index contributed by atoms with van der Waals surface area (Å²) in [5.41, 5.74) is 8.21. The Morgan fingerprint density at radius 3 is 2.81 bits per heavy atom. The van der Waals surface area contributed by atoms with Crippen molar-refractivity contribution in [1.82, 2.24) is 0 Å². The highest BCUT2D eigenvalue weighted by Gasteiger charge is 2.52. The van der Waals surface area contributed by atoms with Crippen LogP contribution in [0.1, 0.15) is 66.4 Å². The summed E-state index contributed by atoms with van der Waals surface area (Å²) in [6.07, 6.45) is 9.80. The van der Waals surface area contributed by atoms with Crippen LogP contribution in [0.5, 0.6) is 5.75 Å². The van der Waals surface area contributed by atoms with Gasteiger partial charge in [0, 0.05) is 11.0 Å². The normalized spacial score (nSPS) is 33.9. The lowest BCUT2D eigenvalue weighted by molar-refractivity contribution is 0.0500. The summed E-state index contributed by atoms with van der Waals surface area (Å²) in [5, 5.41) is 10.7. The van der Waals surface area contributed by atoms with Gasteiger partial charge in [-0.1, -0.05) is 25.3 Å². The van der Waals surface area contributed by atoms with E-state index in [4.69, 9.17) is 5.73 Å². The van der Waals surface area contributed by atoms with E-state index >= 15 is 0 Å². The first-order valence-corrected chi connectivity index (χ1v) is 8.28. The van der Waals surface area contributed by atoms with Crippen molar-refractivity contribution in [1.29, 1.82) is 0 Å². The molecule has 2 bridgehead atoms. The molecule has 0 radical (unpaired) electrons. The molecule has 21 heavy (non-hydrogen) atoms. The fraction of sp³-hybridized carbons (Fsp3) is 0.611. The molecule has 0 aromatic heterocycles. The second kappa shape index (κ2) is 4.49. The summed E-state index contributed by atoms with van der Waals surface area (Å²) in [7, 11) is 0. The Balaban J connectivity index is 1.95. The molecule has 0 spiro atoms. The van der Waals surface area contributed by atoms with E-state index in [2.05, 4.69) is 0 Å². The van der Waals surface area contributed by atoms with Gasteiger partial charge in [0.15, 0.2) is 0 Å². The third kappa shape index (κ3) is 1.69. The smallest absolute Gasteiger partial charge is 0.252 e. The second-order valence-corrected chi connectivity index (χ2v) is 7.22. The van der Waals surface area contributed by atoms with Crippen molar-refractivity contribution in [3.8, 4) is 5.75 Å². The number of hydrogen-bond acceptors (Lipinski definition) is 2. The van der Waals surface area contributed by atoms with Crippen LogP contribution in [0.15, 0.2) is 12.1 Å². The molecule has 2 saturated carbocycles. The number of fused-ring (bicyclic) bond motifs is 1. The zero-order chi connectivity index (χ0) is 14.6. The van der Waals surface area contributed by atoms with E-state index in [1.54, 1.807) is 6.07 Å². The lowest BCUT2D eigenvalue weighted by Gasteiger charge is -2.55. The molecular formula is C18H23NO2. The third-order valence-electron chi connectivity index (χ3n) is 6.37. The minimum atomic E-state index is -0.517. The zero-order valence-corrected chi connectivity index (χ0v) is 12.4. The van der Waals surface area contributed by atoms with Crippen LogP contribution in [0.25, 0.3) is 0 Å². The van der Waals surface area contributed by atoms with Gasteiger partial charge in [0.25, 0.3) is 5.91 Å². The maximum Gasteiger partial charge on any atom is 0.252 e. The molecule has 3 atom stereocenters. The summed E-state index contributed by atoms with van der Waals surface area (Å²) < 4.78 is 0. The number of amides is 1. The lowest BCUT2D eigenvalue weighted by atomic mass is 9.48. The largest absolute Gasteiger partial charge is 0.507 e. The Labute approximate surface area is 125 Å². The molecule has 1 aromatic rings. The molecule has 1 aromatic carbocycles. The molecule has 3 heteroatoms. The average molecular weight is 285 g/mol. The predicted molar refractivity (Wildman–Crippen MR) is 81.3 cm³/mol. The molecule has 1 amide bonds. The Kier molecular flexibility index (Phi) is 2.82. The highest BCUT2D eigenvalue weighted by Crippen LogP contribution is 2.60. The number of hydrogen-bond donors (Lipinski definition) is 2. The summed E-state index contributed by atoms with van der Waals surface area (Å²) in [5.74, 6) is 1.14. The molecule has 0 unspecified atom stereocenters. The molecule has 0 saturated heterocycles. The first kappa shape index (κ1) is 13.2. The van der Waals surface area contributed by atoms with Gasteiger partial charge in [0.2, 0.25) is 0 Å². The molecule has 3 aliphatic rings. The minimum Gasteiger partial charge on any atom is -0.507 e.